The third-order valence-corrected chi connectivity index (χ3v) is 3.67. The number of carbonyl (C=O) groups is 2. The molecule has 0 bridgehead atoms. The molecule has 2 amide bonds. The number of aliphatic carboxylic acids is 1. The van der Waals surface area contributed by atoms with Crippen LogP contribution < -0.4 is 10.6 Å². The first-order chi connectivity index (χ1) is 8.04. The number of hydrogen-bond donors (Lipinski definition) is 3. The molecule has 1 aromatic rings. The third kappa shape index (κ3) is 2.97. The van der Waals surface area contributed by atoms with Gasteiger partial charge in [0.05, 0.1) is 11.6 Å². The van der Waals surface area contributed by atoms with Gasteiger partial charge in [0.1, 0.15) is 0 Å². The van der Waals surface area contributed by atoms with Crippen LogP contribution in [0.25, 0.3) is 0 Å². The first kappa shape index (κ1) is 11.9. The summed E-state index contributed by atoms with van der Waals surface area (Å²) < 4.78 is 0. The molecule has 3 N–H and O–H groups in total. The minimum absolute atomic E-state index is 0.0177. The lowest BCUT2D eigenvalue weighted by atomic mass is 9.80. The van der Waals surface area contributed by atoms with Gasteiger partial charge in [-0.25, -0.2) is 4.79 Å². The van der Waals surface area contributed by atoms with E-state index in [1.54, 1.807) is 11.3 Å². The molecule has 0 saturated heterocycles. The lowest BCUT2D eigenvalue weighted by Crippen LogP contribution is -2.48. The van der Waals surface area contributed by atoms with Crippen LogP contribution in [0.5, 0.6) is 0 Å². The number of urea groups is 1. The number of thiophene rings is 1. The summed E-state index contributed by atoms with van der Waals surface area (Å²) in [6, 6.07) is 1.61. The fourth-order valence-electron chi connectivity index (χ4n) is 1.80. The first-order valence-corrected chi connectivity index (χ1v) is 6.28. The summed E-state index contributed by atoms with van der Waals surface area (Å²) in [4.78, 5) is 23.3. The summed E-state index contributed by atoms with van der Waals surface area (Å²) in [5.74, 6) is -1.08. The Balaban J connectivity index is 1.74. The van der Waals surface area contributed by atoms with Gasteiger partial charge in [0.2, 0.25) is 0 Å². The predicted molar refractivity (Wildman–Crippen MR) is 65.4 cm³/mol. The number of carboxylic acid groups (broad SMARTS) is 1. The molecule has 0 aromatic carbocycles. The minimum Gasteiger partial charge on any atom is -0.481 e. The second-order valence-corrected chi connectivity index (χ2v) is 5.36. The number of hydrogen-bond acceptors (Lipinski definition) is 3. The number of anilines is 1. The van der Waals surface area contributed by atoms with Crippen molar-refractivity contribution in [2.45, 2.75) is 25.8 Å². The minimum atomic E-state index is -0.781. The molecule has 1 heterocycles. The van der Waals surface area contributed by atoms with E-state index >= 15 is 0 Å². The van der Waals surface area contributed by atoms with E-state index in [-0.39, 0.29) is 18.0 Å². The second-order valence-electron chi connectivity index (χ2n) is 4.25. The van der Waals surface area contributed by atoms with Gasteiger partial charge in [-0.2, -0.15) is 0 Å². The third-order valence-electron chi connectivity index (χ3n) is 2.81. The molecular weight excluding hydrogens is 240 g/mol. The normalized spacial score (nSPS) is 22.6. The number of aryl methyl sites for hydroxylation is 1. The van der Waals surface area contributed by atoms with Crippen LogP contribution in [0.3, 0.4) is 0 Å². The maximum absolute atomic E-state index is 11.5. The number of amides is 2. The summed E-state index contributed by atoms with van der Waals surface area (Å²) >= 11 is 1.57. The summed E-state index contributed by atoms with van der Waals surface area (Å²) in [7, 11) is 0. The largest absolute Gasteiger partial charge is 0.481 e. The van der Waals surface area contributed by atoms with Gasteiger partial charge in [-0.15, -0.1) is 11.3 Å². The zero-order chi connectivity index (χ0) is 12.4. The van der Waals surface area contributed by atoms with Gasteiger partial charge in [0, 0.05) is 16.3 Å². The fraction of sp³-hybridized carbons (Fsp3) is 0.455. The van der Waals surface area contributed by atoms with E-state index in [4.69, 9.17) is 5.11 Å². The van der Waals surface area contributed by atoms with E-state index in [9.17, 15) is 9.59 Å². The molecule has 0 radical (unpaired) electrons. The van der Waals surface area contributed by atoms with E-state index in [1.165, 1.54) is 0 Å². The number of nitrogens with one attached hydrogen (secondary N) is 2. The highest BCUT2D eigenvalue weighted by molar-refractivity contribution is 7.10. The van der Waals surface area contributed by atoms with Gasteiger partial charge >= 0.3 is 12.0 Å². The molecule has 0 atom stereocenters. The summed E-state index contributed by atoms with van der Waals surface area (Å²) in [6.45, 7) is 1.97. The van der Waals surface area contributed by atoms with Crippen molar-refractivity contribution in [1.29, 1.82) is 0 Å². The molecule has 0 spiro atoms. The Kier molecular flexibility index (Phi) is 3.33. The number of rotatable bonds is 3. The number of carboxylic acids is 1. The molecule has 0 unspecified atom stereocenters. The maximum Gasteiger partial charge on any atom is 0.319 e. The zero-order valence-corrected chi connectivity index (χ0v) is 10.2. The zero-order valence-electron chi connectivity index (χ0n) is 9.40. The Hall–Kier alpha value is -1.56. The Morgan fingerprint density at radius 1 is 1.47 bits per heavy atom. The molecule has 1 aromatic heterocycles. The predicted octanol–water partition coefficient (Wildman–Crippen LogP) is 2.04. The smallest absolute Gasteiger partial charge is 0.319 e. The first-order valence-electron chi connectivity index (χ1n) is 5.40. The topological polar surface area (TPSA) is 78.4 Å². The van der Waals surface area contributed by atoms with E-state index in [1.807, 2.05) is 18.4 Å². The highest BCUT2D eigenvalue weighted by atomic mass is 32.1. The molecule has 1 saturated carbocycles. The highest BCUT2D eigenvalue weighted by Crippen LogP contribution is 2.27. The van der Waals surface area contributed by atoms with Crippen molar-refractivity contribution in [3.05, 3.63) is 16.3 Å². The van der Waals surface area contributed by atoms with Crippen LogP contribution in [0.1, 0.15) is 17.7 Å². The molecule has 92 valence electrons. The monoisotopic (exact) mass is 254 g/mol. The Bertz CT molecular complexity index is 438. The summed E-state index contributed by atoms with van der Waals surface area (Å²) in [6.07, 6.45) is 1.04. The average molecular weight is 254 g/mol. The van der Waals surface area contributed by atoms with E-state index in [0.717, 1.165) is 10.6 Å². The lowest BCUT2D eigenvalue weighted by Gasteiger charge is -2.32. The van der Waals surface area contributed by atoms with Gasteiger partial charge in [-0.05, 0) is 25.8 Å². The van der Waals surface area contributed by atoms with Crippen molar-refractivity contribution >= 4 is 29.0 Å². The van der Waals surface area contributed by atoms with Crippen molar-refractivity contribution in [3.63, 3.8) is 0 Å². The van der Waals surface area contributed by atoms with Crippen molar-refractivity contribution in [2.75, 3.05) is 5.32 Å². The van der Waals surface area contributed by atoms with Crippen molar-refractivity contribution in [2.24, 2.45) is 5.92 Å². The van der Waals surface area contributed by atoms with Crippen molar-refractivity contribution in [3.8, 4) is 0 Å². The van der Waals surface area contributed by atoms with Gasteiger partial charge in [0.25, 0.3) is 0 Å². The molecular formula is C11H14N2O3S. The van der Waals surface area contributed by atoms with Crippen molar-refractivity contribution in [1.82, 2.24) is 5.32 Å². The number of carbonyl (C=O) groups excluding carboxylic acids is 1. The van der Waals surface area contributed by atoms with Gasteiger partial charge < -0.3 is 15.7 Å². The summed E-state index contributed by atoms with van der Waals surface area (Å²) in [5, 5.41) is 16.0. The highest BCUT2D eigenvalue weighted by Gasteiger charge is 2.35. The van der Waals surface area contributed by atoms with Gasteiger partial charge in [0.15, 0.2) is 0 Å². The lowest BCUT2D eigenvalue weighted by molar-refractivity contribution is -0.145. The van der Waals surface area contributed by atoms with Crippen LogP contribution in [0.4, 0.5) is 10.5 Å². The van der Waals surface area contributed by atoms with Gasteiger partial charge in [-0.3, -0.25) is 4.79 Å². The van der Waals surface area contributed by atoms with Gasteiger partial charge in [-0.1, -0.05) is 0 Å². The molecule has 0 aliphatic heterocycles. The Labute approximate surface area is 103 Å². The quantitative estimate of drug-likeness (QED) is 0.772. The molecule has 2 rings (SSSR count). The second kappa shape index (κ2) is 4.75. The van der Waals surface area contributed by atoms with E-state index < -0.39 is 5.97 Å². The molecule has 6 heteroatoms. The van der Waals surface area contributed by atoms with Crippen molar-refractivity contribution < 1.29 is 14.7 Å². The van der Waals surface area contributed by atoms with E-state index in [2.05, 4.69) is 10.6 Å². The van der Waals surface area contributed by atoms with Crippen LogP contribution in [0.15, 0.2) is 11.4 Å². The van der Waals surface area contributed by atoms with E-state index in [0.29, 0.717) is 12.8 Å². The SMILES string of the molecule is Cc1cc(NC(=O)NC2CC(C(=O)O)C2)cs1. The average Bonchev–Trinajstić information content (AvgIpc) is 2.56. The van der Waals surface area contributed by atoms with Crippen LogP contribution in [0, 0.1) is 12.8 Å². The Morgan fingerprint density at radius 2 is 2.18 bits per heavy atom. The fourth-order valence-corrected chi connectivity index (χ4v) is 2.43. The van der Waals surface area contributed by atoms with Crippen LogP contribution in [-0.2, 0) is 4.79 Å². The molecule has 5 nitrogen and oxygen atoms in total. The maximum atomic E-state index is 11.5. The summed E-state index contributed by atoms with van der Waals surface area (Å²) in [5.41, 5.74) is 0.777. The molecule has 1 aliphatic rings. The molecule has 1 fully saturated rings. The standard InChI is InChI=1S/C11H14N2O3S/c1-6-2-9(5-17-6)13-11(16)12-8-3-7(4-8)10(14)15/h2,5,7-8H,3-4H2,1H3,(H,14,15)(H2,12,13,16). The Morgan fingerprint density at radius 3 is 2.71 bits per heavy atom. The molecule has 1 aliphatic carbocycles. The molecule has 17 heavy (non-hydrogen) atoms. The van der Waals surface area contributed by atoms with Crippen LogP contribution in [0.2, 0.25) is 0 Å². The van der Waals surface area contributed by atoms with Crippen LogP contribution in [-0.4, -0.2) is 23.1 Å². The van der Waals surface area contributed by atoms with Crippen LogP contribution >= 0.6 is 11.3 Å².